The number of anilines is 1. The van der Waals surface area contributed by atoms with Gasteiger partial charge in [-0.25, -0.2) is 9.78 Å². The van der Waals surface area contributed by atoms with Gasteiger partial charge in [0.25, 0.3) is 0 Å². The number of benzene rings is 1. The topological polar surface area (TPSA) is 103 Å². The Morgan fingerprint density at radius 2 is 2.00 bits per heavy atom. The second-order valence-electron chi connectivity index (χ2n) is 8.70. The van der Waals surface area contributed by atoms with E-state index < -0.39 is 12.2 Å². The van der Waals surface area contributed by atoms with Gasteiger partial charge < -0.3 is 23.8 Å². The molecule has 0 N–H and O–H groups in total. The van der Waals surface area contributed by atoms with Gasteiger partial charge in [-0.05, 0) is 42.7 Å². The Morgan fingerprint density at radius 3 is 2.81 bits per heavy atom. The first-order chi connectivity index (χ1) is 17.5. The average Bonchev–Trinajstić information content (AvgIpc) is 3.27. The largest absolute Gasteiger partial charge is 0.486 e. The predicted molar refractivity (Wildman–Crippen MR) is 132 cm³/mol. The van der Waals surface area contributed by atoms with Gasteiger partial charge in [-0.1, -0.05) is 0 Å². The summed E-state index contributed by atoms with van der Waals surface area (Å²) in [7, 11) is 1.58. The lowest BCUT2D eigenvalue weighted by atomic mass is 10.1. The molecule has 1 aromatic carbocycles. The Kier molecular flexibility index (Phi) is 6.75. The van der Waals surface area contributed by atoms with Crippen LogP contribution in [0.3, 0.4) is 0 Å². The first-order valence-corrected chi connectivity index (χ1v) is 11.9. The van der Waals surface area contributed by atoms with Crippen molar-refractivity contribution in [2.75, 3.05) is 44.9 Å². The van der Waals surface area contributed by atoms with Crippen molar-refractivity contribution in [3.05, 3.63) is 48.2 Å². The van der Waals surface area contributed by atoms with Crippen LogP contribution in [0.2, 0.25) is 0 Å². The molecule has 0 aliphatic carbocycles. The van der Waals surface area contributed by atoms with Gasteiger partial charge in [0.05, 0.1) is 36.9 Å². The number of hydrogen-bond donors (Lipinski definition) is 0. The molecular weight excluding hydrogens is 464 g/mol. The maximum atomic E-state index is 12.6. The average molecular weight is 493 g/mol. The number of cyclic esters (lactones) is 1. The van der Waals surface area contributed by atoms with Gasteiger partial charge in [0.15, 0.2) is 11.5 Å². The highest BCUT2D eigenvalue weighted by Crippen LogP contribution is 2.35. The number of nitrogens with zero attached hydrogens (tertiary/aromatic N) is 4. The van der Waals surface area contributed by atoms with Crippen LogP contribution < -0.4 is 19.1 Å². The molecule has 0 spiro atoms. The molecule has 36 heavy (non-hydrogen) atoms. The summed E-state index contributed by atoms with van der Waals surface area (Å²) in [5, 5.41) is 0. The van der Waals surface area contributed by atoms with Crippen LogP contribution in [-0.4, -0.2) is 72.9 Å². The molecule has 1 unspecified atom stereocenters. The monoisotopic (exact) mass is 492 g/mol. The van der Waals surface area contributed by atoms with Crippen molar-refractivity contribution >= 4 is 28.7 Å². The summed E-state index contributed by atoms with van der Waals surface area (Å²) < 4.78 is 22.0. The molecule has 0 saturated carbocycles. The van der Waals surface area contributed by atoms with Gasteiger partial charge in [0.1, 0.15) is 19.3 Å². The van der Waals surface area contributed by atoms with Crippen molar-refractivity contribution in [2.45, 2.75) is 25.9 Å². The van der Waals surface area contributed by atoms with Gasteiger partial charge in [0, 0.05) is 31.8 Å². The van der Waals surface area contributed by atoms with E-state index >= 15 is 0 Å². The van der Waals surface area contributed by atoms with Crippen LogP contribution in [0.5, 0.6) is 17.4 Å². The summed E-state index contributed by atoms with van der Waals surface area (Å²) in [6, 6.07) is 11.0. The fourth-order valence-electron chi connectivity index (χ4n) is 4.49. The molecule has 3 aromatic rings. The summed E-state index contributed by atoms with van der Waals surface area (Å²) in [5.41, 5.74) is 3.31. The number of fused-ring (bicyclic) bond motifs is 2. The van der Waals surface area contributed by atoms with Crippen molar-refractivity contribution in [3.63, 3.8) is 0 Å². The molecule has 2 aliphatic heterocycles. The number of amides is 2. The summed E-state index contributed by atoms with van der Waals surface area (Å²) in [4.78, 5) is 37.1. The van der Waals surface area contributed by atoms with Crippen LogP contribution in [0.4, 0.5) is 10.5 Å². The van der Waals surface area contributed by atoms with Crippen LogP contribution in [0, 0.1) is 0 Å². The van der Waals surface area contributed by atoms with Crippen LogP contribution in [0.1, 0.15) is 18.9 Å². The highest BCUT2D eigenvalue weighted by atomic mass is 16.6. The second kappa shape index (κ2) is 10.3. The van der Waals surface area contributed by atoms with Crippen molar-refractivity contribution in [3.8, 4) is 17.4 Å². The summed E-state index contributed by atoms with van der Waals surface area (Å²) in [5.74, 6) is 1.74. The zero-order chi connectivity index (χ0) is 25.1. The minimum absolute atomic E-state index is 0.0665. The van der Waals surface area contributed by atoms with E-state index in [4.69, 9.17) is 18.9 Å². The molecule has 4 heterocycles. The van der Waals surface area contributed by atoms with Crippen molar-refractivity contribution < 1.29 is 28.5 Å². The number of pyridine rings is 2. The van der Waals surface area contributed by atoms with Gasteiger partial charge in [-0.3, -0.25) is 14.7 Å². The first-order valence-electron chi connectivity index (χ1n) is 11.9. The third-order valence-electron chi connectivity index (χ3n) is 6.31. The molecule has 188 valence electrons. The molecule has 2 amide bonds. The van der Waals surface area contributed by atoms with Crippen LogP contribution in [0.15, 0.2) is 42.6 Å². The highest BCUT2D eigenvalue weighted by molar-refractivity contribution is 5.90. The van der Waals surface area contributed by atoms with Crippen LogP contribution >= 0.6 is 0 Å². The third-order valence-corrected chi connectivity index (χ3v) is 6.31. The Hall–Kier alpha value is -4.08. The summed E-state index contributed by atoms with van der Waals surface area (Å²) in [6.45, 7) is 3.70. The Morgan fingerprint density at radius 1 is 1.17 bits per heavy atom. The zero-order valence-corrected chi connectivity index (χ0v) is 20.3. The van der Waals surface area contributed by atoms with E-state index in [9.17, 15) is 9.59 Å². The molecule has 0 radical (unpaired) electrons. The van der Waals surface area contributed by atoms with Gasteiger partial charge in [0.2, 0.25) is 11.8 Å². The maximum absolute atomic E-state index is 12.6. The van der Waals surface area contributed by atoms with Gasteiger partial charge in [-0.2, -0.15) is 0 Å². The van der Waals surface area contributed by atoms with Gasteiger partial charge in [-0.15, -0.1) is 0 Å². The minimum atomic E-state index is -0.441. The lowest BCUT2D eigenvalue weighted by Crippen LogP contribution is -2.38. The number of ether oxygens (including phenoxy) is 4. The summed E-state index contributed by atoms with van der Waals surface area (Å²) >= 11 is 0. The SMILES string of the molecule is COc1ccc2nccc(CCCN(CC3CN(c4ccc5c(c4)OCCO5)C(=O)O3)C(C)=O)c2n1. The van der Waals surface area contributed by atoms with Crippen LogP contribution in [0.25, 0.3) is 11.0 Å². The number of carbonyl (C=O) groups excluding carboxylic acids is 2. The van der Waals surface area contributed by atoms with Crippen molar-refractivity contribution in [2.24, 2.45) is 0 Å². The Bertz CT molecular complexity index is 1280. The quantitative estimate of drug-likeness (QED) is 0.472. The minimum Gasteiger partial charge on any atom is -0.486 e. The molecule has 0 bridgehead atoms. The Balaban J connectivity index is 1.21. The zero-order valence-electron chi connectivity index (χ0n) is 20.3. The second-order valence-corrected chi connectivity index (χ2v) is 8.70. The van der Waals surface area contributed by atoms with E-state index in [1.807, 2.05) is 18.2 Å². The first kappa shape index (κ1) is 23.7. The fraction of sp³-hybridized carbons (Fsp3) is 0.385. The van der Waals surface area contributed by atoms with E-state index in [0.717, 1.165) is 29.4 Å². The molecule has 5 rings (SSSR count). The number of aromatic nitrogens is 2. The lowest BCUT2D eigenvalue weighted by molar-refractivity contribution is -0.130. The van der Waals surface area contributed by atoms with E-state index in [2.05, 4.69) is 9.97 Å². The number of carbonyl (C=O) groups is 2. The Labute approximate surface area is 208 Å². The highest BCUT2D eigenvalue weighted by Gasteiger charge is 2.34. The van der Waals surface area contributed by atoms with Crippen molar-refractivity contribution in [1.29, 1.82) is 0 Å². The van der Waals surface area contributed by atoms with Gasteiger partial charge >= 0.3 is 6.09 Å². The maximum Gasteiger partial charge on any atom is 0.414 e. The molecule has 1 saturated heterocycles. The third kappa shape index (κ3) is 4.98. The predicted octanol–water partition coefficient (Wildman–Crippen LogP) is 3.22. The number of rotatable bonds is 8. The molecular formula is C26H28N4O6. The molecule has 2 aliphatic rings. The smallest absolute Gasteiger partial charge is 0.414 e. The molecule has 10 heteroatoms. The number of hydrogen-bond acceptors (Lipinski definition) is 8. The van der Waals surface area contributed by atoms with E-state index in [-0.39, 0.29) is 5.91 Å². The molecule has 10 nitrogen and oxygen atoms in total. The van der Waals surface area contributed by atoms with E-state index in [1.54, 1.807) is 41.3 Å². The van der Waals surface area contributed by atoms with E-state index in [1.165, 1.54) is 6.92 Å². The normalized spacial score (nSPS) is 16.7. The number of methoxy groups -OCH3 is 1. The lowest BCUT2D eigenvalue weighted by Gasteiger charge is -2.24. The molecule has 2 aromatic heterocycles. The standard InChI is InChI=1S/C26H28N4O6/c1-17(31)29(11-3-4-18-9-10-27-21-6-8-24(33-2)28-25(18)21)15-20-16-30(26(32)36-20)19-5-7-22-23(14-19)35-13-12-34-22/h5-10,14,20H,3-4,11-13,15-16H2,1-2H3. The summed E-state index contributed by atoms with van der Waals surface area (Å²) in [6.07, 6.45) is 2.34. The van der Waals surface area contributed by atoms with E-state index in [0.29, 0.717) is 55.9 Å². The molecule has 1 atom stereocenters. The van der Waals surface area contributed by atoms with Crippen LogP contribution in [-0.2, 0) is 16.0 Å². The van der Waals surface area contributed by atoms with Crippen molar-refractivity contribution in [1.82, 2.24) is 14.9 Å². The number of aryl methyl sites for hydroxylation is 1. The fourth-order valence-corrected chi connectivity index (χ4v) is 4.49. The molecule has 1 fully saturated rings.